The summed E-state index contributed by atoms with van der Waals surface area (Å²) in [4.78, 5) is 13.1. The van der Waals surface area contributed by atoms with Gasteiger partial charge in [-0.3, -0.25) is 4.79 Å². The van der Waals surface area contributed by atoms with E-state index in [4.69, 9.17) is 11.6 Å². The summed E-state index contributed by atoms with van der Waals surface area (Å²) in [5.74, 6) is 0.0472. The van der Waals surface area contributed by atoms with Gasteiger partial charge in [-0.25, -0.2) is 0 Å². The normalized spacial score (nSPS) is 14.5. The highest BCUT2D eigenvalue weighted by molar-refractivity contribution is 7.20. The Kier molecular flexibility index (Phi) is 5.31. The van der Waals surface area contributed by atoms with Crippen molar-refractivity contribution in [2.45, 2.75) is 20.8 Å². The van der Waals surface area contributed by atoms with Crippen molar-refractivity contribution in [2.75, 3.05) is 0 Å². The highest BCUT2D eigenvalue weighted by Crippen LogP contribution is 2.42. The molecule has 0 spiro atoms. The monoisotopic (exact) mass is 418 g/mol. The van der Waals surface area contributed by atoms with Crippen LogP contribution in [0.25, 0.3) is 15.8 Å². The second kappa shape index (κ2) is 7.90. The van der Waals surface area contributed by atoms with Gasteiger partial charge in [-0.15, -0.1) is 16.5 Å². The Hall–Kier alpha value is -2.82. The summed E-state index contributed by atoms with van der Waals surface area (Å²) in [5, 5.41) is 10.7. The maximum atomic E-state index is 12.2. The van der Waals surface area contributed by atoms with Crippen LogP contribution in [0.1, 0.15) is 24.3 Å². The maximum Gasteiger partial charge on any atom is 0.184 e. The van der Waals surface area contributed by atoms with Gasteiger partial charge in [0.1, 0.15) is 5.70 Å². The van der Waals surface area contributed by atoms with Crippen molar-refractivity contribution in [1.29, 1.82) is 0 Å². The largest absolute Gasteiger partial charge is 0.289 e. The first-order valence-electron chi connectivity index (χ1n) is 9.25. The van der Waals surface area contributed by atoms with Gasteiger partial charge in [-0.2, -0.15) is 5.11 Å². The molecule has 0 saturated heterocycles. The van der Waals surface area contributed by atoms with Crippen LogP contribution in [0.5, 0.6) is 0 Å². The van der Waals surface area contributed by atoms with Crippen LogP contribution in [-0.2, 0) is 4.79 Å². The Morgan fingerprint density at radius 3 is 2.24 bits per heavy atom. The first-order valence-corrected chi connectivity index (χ1v) is 10.4. The molecule has 2 aromatic carbocycles. The van der Waals surface area contributed by atoms with Crippen LogP contribution in [-0.4, -0.2) is 5.78 Å². The Morgan fingerprint density at radius 2 is 1.59 bits per heavy atom. The van der Waals surface area contributed by atoms with Gasteiger partial charge in [0.05, 0.1) is 15.6 Å². The zero-order valence-electron chi connectivity index (χ0n) is 16.4. The average molecular weight is 419 g/mol. The molecule has 0 fully saturated rings. The Labute approximate surface area is 178 Å². The Morgan fingerprint density at radius 1 is 0.931 bits per heavy atom. The third-order valence-electron chi connectivity index (χ3n) is 4.78. The average Bonchev–Trinajstić information content (AvgIpc) is 3.04. The number of carbonyl (C=O) groups is 1. The van der Waals surface area contributed by atoms with E-state index < -0.39 is 0 Å². The van der Waals surface area contributed by atoms with Crippen LogP contribution in [0, 0.1) is 6.92 Å². The molecule has 0 bridgehead atoms. The SMILES string of the molecule is CC1=CC(=C(N=Nc2ccc(C)cc2)c2sc3ccccc3c2Cl)C=C(C)C1=O. The van der Waals surface area contributed by atoms with Gasteiger partial charge in [-0.1, -0.05) is 47.5 Å². The van der Waals surface area contributed by atoms with E-state index in [1.807, 2.05) is 81.5 Å². The van der Waals surface area contributed by atoms with E-state index >= 15 is 0 Å². The van der Waals surface area contributed by atoms with Gasteiger partial charge < -0.3 is 0 Å². The zero-order chi connectivity index (χ0) is 20.5. The molecule has 0 amide bonds. The van der Waals surface area contributed by atoms with Crippen LogP contribution in [0.15, 0.2) is 87.6 Å². The molecule has 29 heavy (non-hydrogen) atoms. The van der Waals surface area contributed by atoms with E-state index in [0.29, 0.717) is 21.9 Å². The molecule has 5 heteroatoms. The molecule has 1 aliphatic rings. The molecule has 3 nitrogen and oxygen atoms in total. The van der Waals surface area contributed by atoms with Gasteiger partial charge in [0.2, 0.25) is 0 Å². The number of hydrogen-bond acceptors (Lipinski definition) is 4. The van der Waals surface area contributed by atoms with Crippen LogP contribution >= 0.6 is 22.9 Å². The van der Waals surface area contributed by atoms with Crippen molar-refractivity contribution < 1.29 is 4.79 Å². The number of thiophene rings is 1. The van der Waals surface area contributed by atoms with Crippen molar-refractivity contribution >= 4 is 50.2 Å². The van der Waals surface area contributed by atoms with Gasteiger partial charge in [0.25, 0.3) is 0 Å². The first kappa shape index (κ1) is 19.5. The summed E-state index contributed by atoms with van der Waals surface area (Å²) in [6.45, 7) is 5.67. The molecule has 3 aromatic rings. The molecule has 0 aliphatic heterocycles. The van der Waals surface area contributed by atoms with Crippen molar-refractivity contribution in [2.24, 2.45) is 10.2 Å². The number of azo groups is 1. The number of Topliss-reactive ketones (excluding diaryl/α,β-unsaturated/α-hetero) is 1. The molecule has 1 heterocycles. The van der Waals surface area contributed by atoms with Gasteiger partial charge in [0.15, 0.2) is 5.78 Å². The van der Waals surface area contributed by atoms with Crippen LogP contribution in [0.3, 0.4) is 0 Å². The number of halogens is 1. The Bertz CT molecular complexity index is 1220. The molecule has 0 unspecified atom stereocenters. The number of ketones is 1. The molecule has 144 valence electrons. The van der Waals surface area contributed by atoms with E-state index in [1.54, 1.807) is 11.3 Å². The summed E-state index contributed by atoms with van der Waals surface area (Å²) in [6, 6.07) is 15.9. The molecule has 4 rings (SSSR count). The molecular weight excluding hydrogens is 400 g/mol. The summed E-state index contributed by atoms with van der Waals surface area (Å²) in [5.41, 5.74) is 4.80. The third kappa shape index (κ3) is 3.86. The standard InChI is InChI=1S/C24H19ClN2OS/c1-14-8-10-18(11-9-14)26-27-22(17-12-15(2)23(28)16(3)13-17)24-21(25)19-6-4-5-7-20(19)29-24/h4-13H,1-3H3. The second-order valence-electron chi connectivity index (χ2n) is 7.06. The highest BCUT2D eigenvalue weighted by atomic mass is 35.5. The molecule has 0 atom stereocenters. The number of allylic oxidation sites excluding steroid dienone is 5. The van der Waals surface area contributed by atoms with Crippen molar-refractivity contribution in [3.8, 4) is 0 Å². The van der Waals surface area contributed by atoms with E-state index in [-0.39, 0.29) is 5.78 Å². The number of rotatable bonds is 3. The fraction of sp³-hybridized carbons (Fsp3) is 0.125. The summed E-state index contributed by atoms with van der Waals surface area (Å²) >= 11 is 8.32. The highest BCUT2D eigenvalue weighted by Gasteiger charge is 2.20. The predicted molar refractivity (Wildman–Crippen MR) is 122 cm³/mol. The number of hydrogen-bond donors (Lipinski definition) is 0. The first-order chi connectivity index (χ1) is 13.9. The van der Waals surface area contributed by atoms with E-state index in [0.717, 1.165) is 31.8 Å². The van der Waals surface area contributed by atoms with Gasteiger partial charge in [0, 0.05) is 15.7 Å². The van der Waals surface area contributed by atoms with E-state index in [2.05, 4.69) is 10.2 Å². The van der Waals surface area contributed by atoms with Crippen LogP contribution in [0.2, 0.25) is 5.02 Å². The fourth-order valence-corrected chi connectivity index (χ4v) is 4.73. The number of benzene rings is 2. The maximum absolute atomic E-state index is 12.2. The third-order valence-corrected chi connectivity index (χ3v) is 6.47. The van der Waals surface area contributed by atoms with Crippen molar-refractivity contribution in [3.05, 3.63) is 92.9 Å². The van der Waals surface area contributed by atoms with Crippen LogP contribution < -0.4 is 0 Å². The summed E-state index contributed by atoms with van der Waals surface area (Å²) in [6.07, 6.45) is 3.72. The van der Waals surface area contributed by atoms with Gasteiger partial charge >= 0.3 is 0 Å². The minimum absolute atomic E-state index is 0.0472. The van der Waals surface area contributed by atoms with Gasteiger partial charge in [-0.05, 0) is 62.3 Å². The minimum Gasteiger partial charge on any atom is -0.289 e. The van der Waals surface area contributed by atoms with Crippen molar-refractivity contribution in [3.63, 3.8) is 0 Å². The zero-order valence-corrected chi connectivity index (χ0v) is 17.9. The summed E-state index contributed by atoms with van der Waals surface area (Å²) < 4.78 is 1.09. The topological polar surface area (TPSA) is 41.8 Å². The molecular formula is C24H19ClN2OS. The molecule has 0 radical (unpaired) electrons. The summed E-state index contributed by atoms with van der Waals surface area (Å²) in [7, 11) is 0. The lowest BCUT2D eigenvalue weighted by Gasteiger charge is -2.12. The van der Waals surface area contributed by atoms with Crippen LogP contribution in [0.4, 0.5) is 5.69 Å². The molecule has 0 saturated carbocycles. The van der Waals surface area contributed by atoms with Crippen molar-refractivity contribution in [1.82, 2.24) is 0 Å². The molecule has 1 aromatic heterocycles. The van der Waals surface area contributed by atoms with E-state index in [9.17, 15) is 4.79 Å². The molecule has 0 N–H and O–H groups in total. The number of nitrogens with zero attached hydrogens (tertiary/aromatic N) is 2. The minimum atomic E-state index is 0.0472. The lowest BCUT2D eigenvalue weighted by atomic mass is 9.94. The Balaban J connectivity index is 1.92. The lowest BCUT2D eigenvalue weighted by Crippen LogP contribution is -2.06. The van der Waals surface area contributed by atoms with E-state index in [1.165, 1.54) is 0 Å². The quantitative estimate of drug-likeness (QED) is 0.399. The number of carbonyl (C=O) groups excluding carboxylic acids is 1. The second-order valence-corrected chi connectivity index (χ2v) is 8.49. The molecule has 1 aliphatic carbocycles. The number of aryl methyl sites for hydroxylation is 1. The fourth-order valence-electron chi connectivity index (χ4n) is 3.21. The smallest absolute Gasteiger partial charge is 0.184 e. The number of fused-ring (bicyclic) bond motifs is 1. The lowest BCUT2D eigenvalue weighted by molar-refractivity contribution is -0.112. The predicted octanol–water partition coefficient (Wildman–Crippen LogP) is 7.83.